The summed E-state index contributed by atoms with van der Waals surface area (Å²) in [4.78, 5) is 0. The first-order valence-electron chi connectivity index (χ1n) is 14.2. The van der Waals surface area contributed by atoms with E-state index in [0.717, 1.165) is 46.3 Å². The van der Waals surface area contributed by atoms with Gasteiger partial charge in [0.15, 0.2) is 17.5 Å². The van der Waals surface area contributed by atoms with Crippen molar-refractivity contribution >= 4 is 0 Å². The minimum absolute atomic E-state index is 0.381. The molecule has 0 radical (unpaired) electrons. The fourth-order valence-electron chi connectivity index (χ4n) is 9.11. The molecule has 35 heavy (non-hydrogen) atoms. The van der Waals surface area contributed by atoms with E-state index >= 15 is 0 Å². The van der Waals surface area contributed by atoms with E-state index in [1.54, 1.807) is 19.3 Å². The standard InChI is InChI=1S/C32H39F3/c1-2-15-31-18-32(19-31,20-31)27-13-11-24(12-14-27)23-5-3-21(4-6-23)22-7-9-25(10-8-22)26-16-28(33)30(35)29(34)17-26/h7-10,16-17,21,23-24,27H,2-6,11-15,18-20H2,1H3/t21-,23-,24-,27-,31?,32?. The van der Waals surface area contributed by atoms with Crippen LogP contribution in [0.4, 0.5) is 13.2 Å². The molecule has 5 aliphatic carbocycles. The van der Waals surface area contributed by atoms with Crippen molar-refractivity contribution in [1.29, 1.82) is 0 Å². The highest BCUT2D eigenvalue weighted by Gasteiger charge is 2.68. The van der Waals surface area contributed by atoms with Gasteiger partial charge in [0.05, 0.1) is 0 Å². The molecule has 0 N–H and O–H groups in total. The van der Waals surface area contributed by atoms with Crippen molar-refractivity contribution in [1.82, 2.24) is 0 Å². The summed E-state index contributed by atoms with van der Waals surface area (Å²) < 4.78 is 40.5. The summed E-state index contributed by atoms with van der Waals surface area (Å²) in [6.45, 7) is 2.35. The van der Waals surface area contributed by atoms with Gasteiger partial charge in [0, 0.05) is 0 Å². The second kappa shape index (κ2) is 8.96. The second-order valence-corrected chi connectivity index (χ2v) is 12.7. The van der Waals surface area contributed by atoms with Gasteiger partial charge in [-0.25, -0.2) is 13.2 Å². The molecular weight excluding hydrogens is 441 g/mol. The van der Waals surface area contributed by atoms with Gasteiger partial charge < -0.3 is 0 Å². The van der Waals surface area contributed by atoms with Crippen LogP contribution in [-0.2, 0) is 0 Å². The molecule has 0 unspecified atom stereocenters. The molecule has 5 aliphatic rings. The van der Waals surface area contributed by atoms with Crippen molar-refractivity contribution < 1.29 is 13.2 Å². The molecule has 5 saturated carbocycles. The average molecular weight is 481 g/mol. The topological polar surface area (TPSA) is 0 Å². The van der Waals surface area contributed by atoms with Gasteiger partial charge in [-0.1, -0.05) is 37.6 Å². The van der Waals surface area contributed by atoms with Gasteiger partial charge in [-0.15, -0.1) is 0 Å². The Kier molecular flexibility index (Phi) is 6.05. The molecule has 0 aliphatic heterocycles. The third-order valence-corrected chi connectivity index (χ3v) is 10.7. The Bertz CT molecular complexity index is 1010. The lowest BCUT2D eigenvalue weighted by Crippen LogP contribution is -2.65. The molecule has 2 aromatic carbocycles. The van der Waals surface area contributed by atoms with E-state index in [0.29, 0.717) is 11.5 Å². The normalized spacial score (nSPS) is 36.3. The highest BCUT2D eigenvalue weighted by atomic mass is 19.2. The molecule has 0 saturated heterocycles. The van der Waals surface area contributed by atoms with E-state index in [9.17, 15) is 13.2 Å². The maximum absolute atomic E-state index is 13.6. The Morgan fingerprint density at radius 1 is 0.714 bits per heavy atom. The SMILES string of the molecule is CCCC12CC([C@H]3CC[C@H]([C@H]4CC[C@H](c5ccc(-c6cc(F)c(F)c(F)c6)cc5)CC4)CC3)(C1)C2. The Balaban J connectivity index is 0.996. The van der Waals surface area contributed by atoms with E-state index in [1.807, 2.05) is 12.1 Å². The molecule has 0 aromatic heterocycles. The number of hydrogen-bond acceptors (Lipinski definition) is 0. The molecule has 3 heteroatoms. The molecule has 7 rings (SSSR count). The smallest absolute Gasteiger partial charge is 0.194 e. The van der Waals surface area contributed by atoms with Crippen molar-refractivity contribution in [3.8, 4) is 11.1 Å². The first kappa shape index (κ1) is 23.6. The van der Waals surface area contributed by atoms with Crippen LogP contribution in [-0.4, -0.2) is 0 Å². The minimum atomic E-state index is -1.41. The summed E-state index contributed by atoms with van der Waals surface area (Å²) in [7, 11) is 0. The monoisotopic (exact) mass is 480 g/mol. The summed E-state index contributed by atoms with van der Waals surface area (Å²) in [5.41, 5.74) is 3.99. The van der Waals surface area contributed by atoms with Crippen molar-refractivity contribution in [3.05, 3.63) is 59.4 Å². The molecular formula is C32H39F3. The zero-order valence-electron chi connectivity index (χ0n) is 21.1. The highest BCUT2D eigenvalue weighted by Crippen LogP contribution is 2.79. The first-order chi connectivity index (χ1) is 16.9. The molecule has 0 amide bonds. The van der Waals surface area contributed by atoms with Crippen LogP contribution >= 0.6 is 0 Å². The van der Waals surface area contributed by atoms with Crippen LogP contribution in [0.2, 0.25) is 0 Å². The van der Waals surface area contributed by atoms with Crippen molar-refractivity contribution in [3.63, 3.8) is 0 Å². The van der Waals surface area contributed by atoms with Crippen LogP contribution in [0.15, 0.2) is 36.4 Å². The molecule has 0 heterocycles. The van der Waals surface area contributed by atoms with Crippen LogP contribution in [0.25, 0.3) is 11.1 Å². The van der Waals surface area contributed by atoms with E-state index in [1.165, 1.54) is 69.8 Å². The summed E-state index contributed by atoms with van der Waals surface area (Å²) in [5.74, 6) is -0.243. The van der Waals surface area contributed by atoms with Gasteiger partial charge in [0.25, 0.3) is 0 Å². The van der Waals surface area contributed by atoms with Crippen LogP contribution in [0.5, 0.6) is 0 Å². The van der Waals surface area contributed by atoms with Gasteiger partial charge >= 0.3 is 0 Å². The quantitative estimate of drug-likeness (QED) is 0.361. The summed E-state index contributed by atoms with van der Waals surface area (Å²) >= 11 is 0. The largest absolute Gasteiger partial charge is 0.204 e. The second-order valence-electron chi connectivity index (χ2n) is 12.7. The van der Waals surface area contributed by atoms with Gasteiger partial charge in [-0.05, 0) is 140 Å². The zero-order chi connectivity index (χ0) is 24.2. The third kappa shape index (κ3) is 4.15. The molecule has 5 fully saturated rings. The molecule has 2 bridgehead atoms. The van der Waals surface area contributed by atoms with Gasteiger partial charge in [0.1, 0.15) is 0 Å². The average Bonchev–Trinajstić information content (AvgIpc) is 2.84. The van der Waals surface area contributed by atoms with Gasteiger partial charge in [-0.3, -0.25) is 0 Å². The lowest BCUT2D eigenvalue weighted by atomic mass is 9.30. The fourth-order valence-corrected chi connectivity index (χ4v) is 9.11. The Hall–Kier alpha value is -1.77. The van der Waals surface area contributed by atoms with E-state index in [-0.39, 0.29) is 0 Å². The maximum Gasteiger partial charge on any atom is 0.194 e. The Labute approximate surface area is 208 Å². The van der Waals surface area contributed by atoms with Crippen LogP contribution in [0.3, 0.4) is 0 Å². The lowest BCUT2D eigenvalue weighted by Gasteiger charge is -2.75. The number of benzene rings is 2. The zero-order valence-corrected chi connectivity index (χ0v) is 21.1. The number of halogens is 3. The highest BCUT2D eigenvalue weighted by molar-refractivity contribution is 5.64. The maximum atomic E-state index is 13.6. The van der Waals surface area contributed by atoms with E-state index in [4.69, 9.17) is 0 Å². The summed E-state index contributed by atoms with van der Waals surface area (Å²) in [6, 6.07) is 10.2. The lowest BCUT2D eigenvalue weighted by molar-refractivity contribution is -0.246. The third-order valence-electron chi connectivity index (χ3n) is 10.7. The van der Waals surface area contributed by atoms with E-state index in [2.05, 4.69) is 19.1 Å². The van der Waals surface area contributed by atoms with Crippen molar-refractivity contribution in [2.75, 3.05) is 0 Å². The van der Waals surface area contributed by atoms with Crippen LogP contribution in [0, 0.1) is 46.0 Å². The van der Waals surface area contributed by atoms with Crippen molar-refractivity contribution in [2.24, 2.45) is 28.6 Å². The van der Waals surface area contributed by atoms with Crippen LogP contribution < -0.4 is 0 Å². The Morgan fingerprint density at radius 3 is 1.80 bits per heavy atom. The van der Waals surface area contributed by atoms with Gasteiger partial charge in [0.2, 0.25) is 0 Å². The predicted octanol–water partition coefficient (Wildman–Crippen LogP) is 9.82. The number of hydrogen-bond donors (Lipinski definition) is 0. The van der Waals surface area contributed by atoms with E-state index < -0.39 is 17.5 Å². The molecule has 0 nitrogen and oxygen atoms in total. The first-order valence-corrected chi connectivity index (χ1v) is 14.2. The Morgan fingerprint density at radius 2 is 1.26 bits per heavy atom. The summed E-state index contributed by atoms with van der Waals surface area (Å²) in [5, 5.41) is 0. The number of rotatable bonds is 6. The van der Waals surface area contributed by atoms with Crippen LogP contribution in [0.1, 0.15) is 102 Å². The molecule has 0 atom stereocenters. The molecule has 2 aromatic rings. The molecule has 0 spiro atoms. The fraction of sp³-hybridized carbons (Fsp3) is 0.625. The summed E-state index contributed by atoms with van der Waals surface area (Å²) in [6.07, 6.45) is 18.5. The predicted molar refractivity (Wildman–Crippen MR) is 136 cm³/mol. The minimum Gasteiger partial charge on any atom is -0.204 e. The molecule has 188 valence electrons. The van der Waals surface area contributed by atoms with Gasteiger partial charge in [-0.2, -0.15) is 0 Å². The van der Waals surface area contributed by atoms with Crippen molar-refractivity contribution in [2.45, 2.75) is 96.3 Å².